The zero-order valence-corrected chi connectivity index (χ0v) is 10.9. The summed E-state index contributed by atoms with van der Waals surface area (Å²) < 4.78 is 37.9. The number of anilines is 1. The second-order valence-corrected chi connectivity index (χ2v) is 4.58. The molecule has 2 nitrogen and oxygen atoms in total. The van der Waals surface area contributed by atoms with Crippen molar-refractivity contribution in [1.29, 1.82) is 0 Å². The lowest BCUT2D eigenvalue weighted by Gasteiger charge is -2.22. The lowest BCUT2D eigenvalue weighted by molar-refractivity contribution is 0.156. The van der Waals surface area contributed by atoms with Gasteiger partial charge in [0.15, 0.2) is 0 Å². The van der Waals surface area contributed by atoms with Crippen LogP contribution in [0.1, 0.15) is 19.4 Å². The van der Waals surface area contributed by atoms with Gasteiger partial charge in [-0.25, -0.2) is 13.2 Å². The Morgan fingerprint density at radius 3 is 2.50 bits per heavy atom. The van der Waals surface area contributed by atoms with E-state index in [1.165, 1.54) is 23.1 Å². The minimum absolute atomic E-state index is 0.251. The van der Waals surface area contributed by atoms with E-state index in [0.717, 1.165) is 0 Å². The summed E-state index contributed by atoms with van der Waals surface area (Å²) in [5.74, 6) is -0.357. The van der Waals surface area contributed by atoms with Gasteiger partial charge in [-0.05, 0) is 23.8 Å². The Balaban J connectivity index is 2.88. The fraction of sp³-hybridized carbons (Fsp3) is 0.538. The number of benzene rings is 1. The van der Waals surface area contributed by atoms with Crippen LogP contribution in [-0.2, 0) is 6.54 Å². The lowest BCUT2D eigenvalue weighted by Crippen LogP contribution is -2.27. The Hall–Kier alpha value is -1.23. The monoisotopic (exact) mass is 260 g/mol. The van der Waals surface area contributed by atoms with Crippen LogP contribution in [0.4, 0.5) is 18.9 Å². The van der Waals surface area contributed by atoms with Crippen LogP contribution >= 0.6 is 0 Å². The maximum absolute atomic E-state index is 13.2. The van der Waals surface area contributed by atoms with Crippen molar-refractivity contribution in [2.24, 2.45) is 0 Å². The summed E-state index contributed by atoms with van der Waals surface area (Å²) in [7, 11) is 1.58. The largest absolute Gasteiger partial charge is 0.369 e. The van der Waals surface area contributed by atoms with Gasteiger partial charge in [0.2, 0.25) is 0 Å². The predicted molar refractivity (Wildman–Crippen MR) is 67.6 cm³/mol. The van der Waals surface area contributed by atoms with E-state index in [1.807, 2.05) is 13.8 Å². The summed E-state index contributed by atoms with van der Waals surface area (Å²) in [6.45, 7) is 4.04. The molecule has 1 aromatic rings. The molecule has 0 saturated heterocycles. The molecule has 0 aliphatic heterocycles. The SMILES string of the molecule is CC(C)NCc1cc(F)ccc1N(C)CC(F)F. The first-order valence-electron chi connectivity index (χ1n) is 5.91. The molecule has 0 aliphatic rings. The normalized spacial score (nSPS) is 11.3. The second-order valence-electron chi connectivity index (χ2n) is 4.58. The van der Waals surface area contributed by atoms with Crippen LogP contribution in [0.2, 0.25) is 0 Å². The van der Waals surface area contributed by atoms with Crippen LogP contribution in [0.15, 0.2) is 18.2 Å². The van der Waals surface area contributed by atoms with Gasteiger partial charge >= 0.3 is 0 Å². The minimum atomic E-state index is -2.41. The summed E-state index contributed by atoms with van der Waals surface area (Å²) in [6.07, 6.45) is -2.41. The molecule has 0 atom stereocenters. The number of nitrogens with one attached hydrogen (secondary N) is 1. The molecule has 1 rings (SSSR count). The van der Waals surface area contributed by atoms with Crippen LogP contribution in [0.3, 0.4) is 0 Å². The van der Waals surface area contributed by atoms with E-state index >= 15 is 0 Å². The summed E-state index contributed by atoms with van der Waals surface area (Å²) in [6, 6.07) is 4.46. The number of nitrogens with zero attached hydrogens (tertiary/aromatic N) is 1. The molecule has 0 saturated carbocycles. The van der Waals surface area contributed by atoms with Crippen molar-refractivity contribution in [2.75, 3.05) is 18.5 Å². The summed E-state index contributed by atoms with van der Waals surface area (Å²) in [4.78, 5) is 1.45. The molecule has 102 valence electrons. The molecular weight excluding hydrogens is 241 g/mol. The molecule has 18 heavy (non-hydrogen) atoms. The number of hydrogen-bond donors (Lipinski definition) is 1. The average molecular weight is 260 g/mol. The van der Waals surface area contributed by atoms with Crippen molar-refractivity contribution in [3.05, 3.63) is 29.6 Å². The standard InChI is InChI=1S/C13H19F3N2/c1-9(2)17-7-10-6-11(14)4-5-12(10)18(3)8-13(15)16/h4-6,9,13,17H,7-8H2,1-3H3. The van der Waals surface area contributed by atoms with Crippen molar-refractivity contribution in [1.82, 2.24) is 5.32 Å². The molecule has 0 bridgehead atoms. The van der Waals surface area contributed by atoms with Crippen molar-refractivity contribution >= 4 is 5.69 Å². The first kappa shape index (κ1) is 14.8. The van der Waals surface area contributed by atoms with E-state index in [9.17, 15) is 13.2 Å². The molecule has 0 spiro atoms. The van der Waals surface area contributed by atoms with Crippen LogP contribution < -0.4 is 10.2 Å². The Labute approximate surface area is 106 Å². The second kappa shape index (κ2) is 6.64. The molecule has 0 unspecified atom stereocenters. The fourth-order valence-electron chi connectivity index (χ4n) is 1.69. The topological polar surface area (TPSA) is 15.3 Å². The van der Waals surface area contributed by atoms with Gasteiger partial charge < -0.3 is 10.2 Å². The highest BCUT2D eigenvalue weighted by Gasteiger charge is 2.13. The maximum Gasteiger partial charge on any atom is 0.255 e. The number of rotatable bonds is 6. The van der Waals surface area contributed by atoms with Crippen LogP contribution in [0.5, 0.6) is 0 Å². The third kappa shape index (κ3) is 4.56. The lowest BCUT2D eigenvalue weighted by atomic mass is 10.1. The third-order valence-corrected chi connectivity index (χ3v) is 2.57. The molecule has 0 heterocycles. The number of hydrogen-bond acceptors (Lipinski definition) is 2. The predicted octanol–water partition coefficient (Wildman–Crippen LogP) is 3.03. The maximum atomic E-state index is 13.2. The van der Waals surface area contributed by atoms with E-state index in [-0.39, 0.29) is 18.4 Å². The third-order valence-electron chi connectivity index (χ3n) is 2.57. The average Bonchev–Trinajstić information content (AvgIpc) is 2.25. The van der Waals surface area contributed by atoms with E-state index in [2.05, 4.69) is 5.32 Å². The molecule has 0 amide bonds. The van der Waals surface area contributed by atoms with Gasteiger partial charge in [-0.1, -0.05) is 13.8 Å². The van der Waals surface area contributed by atoms with Gasteiger partial charge in [-0.3, -0.25) is 0 Å². The van der Waals surface area contributed by atoms with Gasteiger partial charge in [0, 0.05) is 25.3 Å². The van der Waals surface area contributed by atoms with Crippen molar-refractivity contribution in [3.63, 3.8) is 0 Å². The smallest absolute Gasteiger partial charge is 0.255 e. The fourth-order valence-corrected chi connectivity index (χ4v) is 1.69. The molecule has 0 aliphatic carbocycles. The Morgan fingerprint density at radius 2 is 1.94 bits per heavy atom. The molecule has 5 heteroatoms. The van der Waals surface area contributed by atoms with Gasteiger partial charge in [0.1, 0.15) is 5.82 Å². The number of halogens is 3. The Kier molecular flexibility index (Phi) is 5.47. The van der Waals surface area contributed by atoms with Crippen LogP contribution in [0, 0.1) is 5.82 Å². The van der Waals surface area contributed by atoms with Gasteiger partial charge in [-0.15, -0.1) is 0 Å². The summed E-state index contributed by atoms with van der Waals surface area (Å²) >= 11 is 0. The highest BCUT2D eigenvalue weighted by molar-refractivity contribution is 5.53. The first-order valence-corrected chi connectivity index (χ1v) is 5.91. The van der Waals surface area contributed by atoms with Gasteiger partial charge in [-0.2, -0.15) is 0 Å². The molecule has 0 radical (unpaired) electrons. The van der Waals surface area contributed by atoms with E-state index in [4.69, 9.17) is 0 Å². The molecule has 1 aromatic carbocycles. The Bertz CT molecular complexity index is 380. The number of alkyl halides is 2. The van der Waals surface area contributed by atoms with Gasteiger partial charge in [0.05, 0.1) is 6.54 Å². The zero-order valence-electron chi connectivity index (χ0n) is 10.9. The minimum Gasteiger partial charge on any atom is -0.369 e. The van der Waals surface area contributed by atoms with Crippen LogP contribution in [-0.4, -0.2) is 26.1 Å². The first-order chi connectivity index (χ1) is 8.40. The highest BCUT2D eigenvalue weighted by atomic mass is 19.3. The van der Waals surface area contributed by atoms with E-state index < -0.39 is 6.43 Å². The van der Waals surface area contributed by atoms with E-state index in [1.54, 1.807) is 7.05 Å². The summed E-state index contributed by atoms with van der Waals surface area (Å²) in [5.41, 5.74) is 1.32. The quantitative estimate of drug-likeness (QED) is 0.845. The van der Waals surface area contributed by atoms with Crippen molar-refractivity contribution in [3.8, 4) is 0 Å². The molecule has 0 aromatic heterocycles. The zero-order chi connectivity index (χ0) is 13.7. The van der Waals surface area contributed by atoms with Gasteiger partial charge in [0.25, 0.3) is 6.43 Å². The summed E-state index contributed by atoms with van der Waals surface area (Å²) in [5, 5.41) is 3.16. The molecule has 0 fully saturated rings. The van der Waals surface area contributed by atoms with E-state index in [0.29, 0.717) is 17.8 Å². The van der Waals surface area contributed by atoms with Crippen molar-refractivity contribution < 1.29 is 13.2 Å². The Morgan fingerprint density at radius 1 is 1.28 bits per heavy atom. The molecule has 1 N–H and O–H groups in total. The molecular formula is C13H19F3N2. The van der Waals surface area contributed by atoms with Crippen molar-refractivity contribution in [2.45, 2.75) is 32.9 Å². The highest BCUT2D eigenvalue weighted by Crippen LogP contribution is 2.21. The van der Waals surface area contributed by atoms with Crippen LogP contribution in [0.25, 0.3) is 0 Å².